The zero-order valence-corrected chi connectivity index (χ0v) is 9.91. The average Bonchev–Trinajstić information content (AvgIpc) is 2.99. The third-order valence-electron chi connectivity index (χ3n) is 3.90. The maximum Gasteiger partial charge on any atom is 0.310 e. The van der Waals surface area contributed by atoms with Crippen LogP contribution in [0.15, 0.2) is 12.2 Å². The number of ether oxygens (including phenoxy) is 1. The number of hydrogen-bond donors (Lipinski definition) is 2. The summed E-state index contributed by atoms with van der Waals surface area (Å²) in [6, 6.07) is 0. The van der Waals surface area contributed by atoms with Crippen LogP contribution in [0, 0.1) is 11.8 Å². The highest BCUT2D eigenvalue weighted by molar-refractivity contribution is 5.87. The van der Waals surface area contributed by atoms with E-state index >= 15 is 0 Å². The molecule has 0 spiro atoms. The van der Waals surface area contributed by atoms with E-state index in [-0.39, 0.29) is 12.0 Å². The lowest BCUT2D eigenvalue weighted by molar-refractivity contribution is -0.149. The molecule has 0 aromatic heterocycles. The van der Waals surface area contributed by atoms with E-state index in [0.717, 1.165) is 13.1 Å². The van der Waals surface area contributed by atoms with Crippen molar-refractivity contribution in [1.82, 2.24) is 10.2 Å². The van der Waals surface area contributed by atoms with Crippen molar-refractivity contribution in [2.75, 3.05) is 26.2 Å². The van der Waals surface area contributed by atoms with Gasteiger partial charge in [0.15, 0.2) is 0 Å². The molecule has 0 aliphatic carbocycles. The highest BCUT2D eigenvalue weighted by Crippen LogP contribution is 2.40. The highest BCUT2D eigenvalue weighted by Gasteiger charge is 2.54. The normalized spacial score (nSPS) is 38.1. The predicted molar refractivity (Wildman–Crippen MR) is 61.9 cm³/mol. The summed E-state index contributed by atoms with van der Waals surface area (Å²) >= 11 is 0. The monoisotopic (exact) mass is 252 g/mol. The summed E-state index contributed by atoms with van der Waals surface area (Å²) < 4.78 is 5.52. The lowest BCUT2D eigenvalue weighted by atomic mass is 9.82. The van der Waals surface area contributed by atoms with Crippen molar-refractivity contribution in [3.8, 4) is 0 Å². The van der Waals surface area contributed by atoms with E-state index in [1.54, 1.807) is 11.0 Å². The number of fused-ring (bicyclic) bond motifs is 2. The quantitative estimate of drug-likeness (QED) is 0.621. The van der Waals surface area contributed by atoms with Crippen molar-refractivity contribution in [3.05, 3.63) is 12.2 Å². The SMILES string of the molecule is O=C(O)C1C(C(=O)N2CCNCC2)[C@H]2C=C[C@H]1O2. The van der Waals surface area contributed by atoms with Crippen LogP contribution in [-0.2, 0) is 14.3 Å². The van der Waals surface area contributed by atoms with Crippen molar-refractivity contribution in [2.24, 2.45) is 11.8 Å². The molecule has 18 heavy (non-hydrogen) atoms. The van der Waals surface area contributed by atoms with Gasteiger partial charge >= 0.3 is 5.97 Å². The van der Waals surface area contributed by atoms with Crippen LogP contribution in [0.2, 0.25) is 0 Å². The number of carbonyl (C=O) groups is 2. The number of carboxylic acids is 1. The fraction of sp³-hybridized carbons (Fsp3) is 0.667. The molecule has 2 bridgehead atoms. The molecule has 0 saturated carbocycles. The number of carbonyl (C=O) groups excluding carboxylic acids is 1. The smallest absolute Gasteiger partial charge is 0.310 e. The van der Waals surface area contributed by atoms with Crippen LogP contribution in [0.3, 0.4) is 0 Å². The van der Waals surface area contributed by atoms with Crippen molar-refractivity contribution in [1.29, 1.82) is 0 Å². The lowest BCUT2D eigenvalue weighted by Gasteiger charge is -2.32. The van der Waals surface area contributed by atoms with Crippen molar-refractivity contribution >= 4 is 11.9 Å². The van der Waals surface area contributed by atoms with E-state index in [1.807, 2.05) is 6.08 Å². The minimum Gasteiger partial charge on any atom is -0.481 e. The standard InChI is InChI=1S/C12H16N2O4/c15-11(14-5-3-13-4-6-14)9-7-1-2-8(18-7)10(9)12(16)17/h1-2,7-10,13H,3-6H2,(H,16,17)/t7-,8-,9?,10?/m1/s1. The summed E-state index contributed by atoms with van der Waals surface area (Å²) in [6.07, 6.45) is 2.77. The van der Waals surface area contributed by atoms with Crippen LogP contribution >= 0.6 is 0 Å². The van der Waals surface area contributed by atoms with Crippen molar-refractivity contribution < 1.29 is 19.4 Å². The molecule has 2 fully saturated rings. The minimum absolute atomic E-state index is 0.0826. The molecule has 4 atom stereocenters. The molecular formula is C12H16N2O4. The van der Waals surface area contributed by atoms with E-state index in [4.69, 9.17) is 4.74 Å². The summed E-state index contributed by atoms with van der Waals surface area (Å²) in [5.74, 6) is -2.32. The Bertz CT molecular complexity index is 403. The molecule has 3 aliphatic heterocycles. The van der Waals surface area contributed by atoms with Crippen LogP contribution in [-0.4, -0.2) is 60.3 Å². The second kappa shape index (κ2) is 4.37. The number of carboxylic acid groups (broad SMARTS) is 1. The minimum atomic E-state index is -0.944. The summed E-state index contributed by atoms with van der Waals surface area (Å²) in [4.78, 5) is 25.5. The van der Waals surface area contributed by atoms with Crippen LogP contribution < -0.4 is 5.32 Å². The van der Waals surface area contributed by atoms with Gasteiger partial charge in [0.25, 0.3) is 0 Å². The molecule has 98 valence electrons. The van der Waals surface area contributed by atoms with Gasteiger partial charge < -0.3 is 20.1 Å². The van der Waals surface area contributed by atoms with Gasteiger partial charge in [0.1, 0.15) is 5.92 Å². The predicted octanol–water partition coefficient (Wildman–Crippen LogP) is -0.928. The van der Waals surface area contributed by atoms with Crippen molar-refractivity contribution in [3.63, 3.8) is 0 Å². The van der Waals surface area contributed by atoms with Crippen LogP contribution in [0.5, 0.6) is 0 Å². The number of piperazine rings is 1. The number of nitrogens with zero attached hydrogens (tertiary/aromatic N) is 1. The first-order valence-electron chi connectivity index (χ1n) is 6.24. The molecule has 3 rings (SSSR count). The summed E-state index contributed by atoms with van der Waals surface area (Å²) in [5, 5.41) is 12.4. The fourth-order valence-corrected chi connectivity index (χ4v) is 2.99. The number of aliphatic carboxylic acids is 1. The molecule has 0 radical (unpaired) electrons. The summed E-state index contributed by atoms with van der Waals surface area (Å²) in [5.41, 5.74) is 0. The van der Waals surface area contributed by atoms with Crippen molar-refractivity contribution in [2.45, 2.75) is 12.2 Å². The Labute approximate surface area is 105 Å². The number of amides is 1. The Balaban J connectivity index is 1.79. The zero-order valence-electron chi connectivity index (χ0n) is 9.91. The van der Waals surface area contributed by atoms with Gasteiger partial charge in [-0.2, -0.15) is 0 Å². The van der Waals surface area contributed by atoms with E-state index in [1.165, 1.54) is 0 Å². The lowest BCUT2D eigenvalue weighted by Crippen LogP contribution is -2.51. The number of rotatable bonds is 2. The van der Waals surface area contributed by atoms with E-state index in [0.29, 0.717) is 13.1 Å². The molecule has 1 amide bonds. The van der Waals surface area contributed by atoms with E-state index in [2.05, 4.69) is 5.32 Å². The van der Waals surface area contributed by atoms with Crippen LogP contribution in [0.25, 0.3) is 0 Å². The second-order valence-corrected chi connectivity index (χ2v) is 4.92. The molecule has 2 saturated heterocycles. The molecule has 2 N–H and O–H groups in total. The molecule has 0 aromatic rings. The first-order valence-corrected chi connectivity index (χ1v) is 6.24. The third kappa shape index (κ3) is 1.72. The fourth-order valence-electron chi connectivity index (χ4n) is 2.99. The van der Waals surface area contributed by atoms with Gasteiger partial charge in [-0.15, -0.1) is 0 Å². The van der Waals surface area contributed by atoms with Gasteiger partial charge in [0.2, 0.25) is 5.91 Å². The van der Waals surface area contributed by atoms with Gasteiger partial charge in [-0.3, -0.25) is 9.59 Å². The largest absolute Gasteiger partial charge is 0.481 e. The van der Waals surface area contributed by atoms with Crippen LogP contribution in [0.1, 0.15) is 0 Å². The number of hydrogen-bond acceptors (Lipinski definition) is 4. The Hall–Kier alpha value is -1.40. The summed E-state index contributed by atoms with van der Waals surface area (Å²) in [7, 11) is 0. The van der Waals surface area contributed by atoms with E-state index < -0.39 is 23.9 Å². The molecule has 6 nitrogen and oxygen atoms in total. The molecule has 3 heterocycles. The third-order valence-corrected chi connectivity index (χ3v) is 3.90. The second-order valence-electron chi connectivity index (χ2n) is 4.92. The zero-order chi connectivity index (χ0) is 12.7. The van der Waals surface area contributed by atoms with Crippen LogP contribution in [0.4, 0.5) is 0 Å². The number of nitrogens with one attached hydrogen (secondary N) is 1. The Kier molecular flexibility index (Phi) is 2.83. The first-order chi connectivity index (χ1) is 8.68. The van der Waals surface area contributed by atoms with Gasteiger partial charge in [-0.25, -0.2) is 0 Å². The highest BCUT2D eigenvalue weighted by atomic mass is 16.5. The van der Waals surface area contributed by atoms with Gasteiger partial charge in [0, 0.05) is 26.2 Å². The first kappa shape index (κ1) is 11.7. The molecule has 2 unspecified atom stereocenters. The maximum atomic E-state index is 12.4. The maximum absolute atomic E-state index is 12.4. The van der Waals surface area contributed by atoms with Gasteiger partial charge in [-0.05, 0) is 0 Å². The Morgan fingerprint density at radius 3 is 2.39 bits per heavy atom. The molecule has 3 aliphatic rings. The molecule has 6 heteroatoms. The van der Waals surface area contributed by atoms with Gasteiger partial charge in [-0.1, -0.05) is 12.2 Å². The molecular weight excluding hydrogens is 236 g/mol. The van der Waals surface area contributed by atoms with Gasteiger partial charge in [0.05, 0.1) is 18.1 Å². The average molecular weight is 252 g/mol. The molecule has 0 aromatic carbocycles. The topological polar surface area (TPSA) is 78.9 Å². The Morgan fingerprint density at radius 1 is 1.17 bits per heavy atom. The van der Waals surface area contributed by atoms with E-state index in [9.17, 15) is 14.7 Å². The Morgan fingerprint density at radius 2 is 1.78 bits per heavy atom. The summed E-state index contributed by atoms with van der Waals surface area (Å²) in [6.45, 7) is 2.81.